The third kappa shape index (κ3) is 4.01. The van der Waals surface area contributed by atoms with Gasteiger partial charge in [-0.1, -0.05) is 13.3 Å². The molecular formula is C16H26N4O2. The van der Waals surface area contributed by atoms with E-state index in [0.717, 1.165) is 18.7 Å². The lowest BCUT2D eigenvalue weighted by molar-refractivity contribution is -0.149. The van der Waals surface area contributed by atoms with Crippen LogP contribution in [-0.2, 0) is 11.3 Å². The number of likely N-dealkylation sites (tertiary alicyclic amines) is 1. The summed E-state index contributed by atoms with van der Waals surface area (Å²) in [6.45, 7) is 5.61. The van der Waals surface area contributed by atoms with Crippen LogP contribution >= 0.6 is 0 Å². The van der Waals surface area contributed by atoms with Gasteiger partial charge in [0.05, 0.1) is 6.54 Å². The highest BCUT2D eigenvalue weighted by Crippen LogP contribution is 2.22. The second-order valence-corrected chi connectivity index (χ2v) is 6.30. The molecule has 0 spiro atoms. The molecule has 6 nitrogen and oxygen atoms in total. The normalized spacial score (nSPS) is 21.1. The molecule has 1 saturated heterocycles. The van der Waals surface area contributed by atoms with E-state index in [9.17, 15) is 9.90 Å². The van der Waals surface area contributed by atoms with E-state index in [4.69, 9.17) is 0 Å². The molecule has 2 rings (SSSR count). The first-order chi connectivity index (χ1) is 10.4. The van der Waals surface area contributed by atoms with E-state index in [1.54, 1.807) is 30.3 Å². The number of hydrogen-bond acceptors (Lipinski definition) is 5. The Hall–Kier alpha value is -1.53. The van der Waals surface area contributed by atoms with Gasteiger partial charge in [0, 0.05) is 31.5 Å². The van der Waals surface area contributed by atoms with Gasteiger partial charge in [-0.25, -0.2) is 9.97 Å². The lowest BCUT2D eigenvalue weighted by atomic mass is 9.99. The second kappa shape index (κ2) is 7.15. The molecule has 0 saturated carbocycles. The molecule has 122 valence electrons. The molecule has 22 heavy (non-hydrogen) atoms. The van der Waals surface area contributed by atoms with Crippen LogP contribution in [0.25, 0.3) is 0 Å². The SMILES string of the molecule is CCC[C@@](C)(O)C(=O)N1CC[C@H](N(C)Cc2ncccn2)C1. The van der Waals surface area contributed by atoms with Crippen LogP contribution in [0.4, 0.5) is 0 Å². The maximum atomic E-state index is 12.4. The van der Waals surface area contributed by atoms with Gasteiger partial charge in [-0.2, -0.15) is 0 Å². The van der Waals surface area contributed by atoms with Crippen LogP contribution in [0, 0.1) is 0 Å². The summed E-state index contributed by atoms with van der Waals surface area (Å²) in [7, 11) is 2.03. The van der Waals surface area contributed by atoms with Crippen LogP contribution in [0.2, 0.25) is 0 Å². The number of carbonyl (C=O) groups is 1. The van der Waals surface area contributed by atoms with Gasteiger partial charge in [0.25, 0.3) is 5.91 Å². The van der Waals surface area contributed by atoms with Gasteiger partial charge in [-0.15, -0.1) is 0 Å². The number of amides is 1. The van der Waals surface area contributed by atoms with Crippen LogP contribution in [-0.4, -0.2) is 62.6 Å². The molecule has 1 aromatic heterocycles. The molecule has 1 aliphatic rings. The summed E-state index contributed by atoms with van der Waals surface area (Å²) < 4.78 is 0. The largest absolute Gasteiger partial charge is 0.380 e. The van der Waals surface area contributed by atoms with Crippen molar-refractivity contribution < 1.29 is 9.90 Å². The zero-order valence-corrected chi connectivity index (χ0v) is 13.7. The van der Waals surface area contributed by atoms with Gasteiger partial charge < -0.3 is 10.0 Å². The maximum absolute atomic E-state index is 12.4. The Morgan fingerprint density at radius 2 is 2.18 bits per heavy atom. The Morgan fingerprint density at radius 3 is 2.82 bits per heavy atom. The van der Waals surface area contributed by atoms with Crippen LogP contribution in [0.5, 0.6) is 0 Å². The summed E-state index contributed by atoms with van der Waals surface area (Å²) >= 11 is 0. The number of rotatable bonds is 6. The van der Waals surface area contributed by atoms with Crippen LogP contribution < -0.4 is 0 Å². The zero-order valence-electron chi connectivity index (χ0n) is 13.7. The number of aromatic nitrogens is 2. The van der Waals surface area contributed by atoms with Crippen molar-refractivity contribution in [3.63, 3.8) is 0 Å². The summed E-state index contributed by atoms with van der Waals surface area (Å²) in [5.74, 6) is 0.633. The molecule has 0 radical (unpaired) electrons. The first-order valence-electron chi connectivity index (χ1n) is 7.92. The quantitative estimate of drug-likeness (QED) is 0.851. The molecule has 0 aromatic carbocycles. The lowest BCUT2D eigenvalue weighted by Gasteiger charge is -2.29. The molecule has 6 heteroatoms. The highest BCUT2D eigenvalue weighted by molar-refractivity contribution is 5.84. The van der Waals surface area contributed by atoms with Crippen molar-refractivity contribution in [3.05, 3.63) is 24.3 Å². The van der Waals surface area contributed by atoms with Gasteiger partial charge in [0.2, 0.25) is 0 Å². The number of likely N-dealkylation sites (N-methyl/N-ethyl adjacent to an activating group) is 1. The second-order valence-electron chi connectivity index (χ2n) is 6.30. The van der Waals surface area contributed by atoms with Gasteiger partial charge in [0.15, 0.2) is 0 Å². The maximum Gasteiger partial charge on any atom is 0.254 e. The highest BCUT2D eigenvalue weighted by atomic mass is 16.3. The average Bonchev–Trinajstić information content (AvgIpc) is 2.97. The fourth-order valence-corrected chi connectivity index (χ4v) is 2.98. The molecule has 1 aromatic rings. The highest BCUT2D eigenvalue weighted by Gasteiger charge is 2.37. The third-order valence-corrected chi connectivity index (χ3v) is 4.28. The van der Waals surface area contributed by atoms with Crippen molar-refractivity contribution in [1.82, 2.24) is 19.8 Å². The van der Waals surface area contributed by atoms with E-state index in [2.05, 4.69) is 14.9 Å². The van der Waals surface area contributed by atoms with E-state index >= 15 is 0 Å². The Labute approximate surface area is 132 Å². The minimum atomic E-state index is -1.25. The van der Waals surface area contributed by atoms with E-state index in [1.165, 1.54) is 0 Å². The van der Waals surface area contributed by atoms with Gasteiger partial charge in [0.1, 0.15) is 11.4 Å². The number of aliphatic hydroxyl groups is 1. The summed E-state index contributed by atoms with van der Waals surface area (Å²) in [6.07, 6.45) is 5.68. The Bertz CT molecular complexity index is 492. The number of hydrogen-bond donors (Lipinski definition) is 1. The molecule has 0 unspecified atom stereocenters. The molecular weight excluding hydrogens is 280 g/mol. The summed E-state index contributed by atoms with van der Waals surface area (Å²) in [6, 6.07) is 2.08. The topological polar surface area (TPSA) is 69.6 Å². The molecule has 2 atom stereocenters. The Morgan fingerprint density at radius 1 is 1.50 bits per heavy atom. The van der Waals surface area contributed by atoms with Crippen molar-refractivity contribution in [1.29, 1.82) is 0 Å². The average molecular weight is 306 g/mol. The van der Waals surface area contributed by atoms with Crippen LogP contribution in [0.15, 0.2) is 18.5 Å². The predicted molar refractivity (Wildman–Crippen MR) is 84.0 cm³/mol. The fourth-order valence-electron chi connectivity index (χ4n) is 2.98. The van der Waals surface area contributed by atoms with Gasteiger partial charge in [-0.3, -0.25) is 9.69 Å². The summed E-state index contributed by atoms with van der Waals surface area (Å²) in [5, 5.41) is 10.3. The van der Waals surface area contributed by atoms with E-state index in [1.807, 2.05) is 14.0 Å². The van der Waals surface area contributed by atoms with Crippen molar-refractivity contribution in [2.75, 3.05) is 20.1 Å². The van der Waals surface area contributed by atoms with Gasteiger partial charge >= 0.3 is 0 Å². The third-order valence-electron chi connectivity index (χ3n) is 4.28. The van der Waals surface area contributed by atoms with E-state index in [0.29, 0.717) is 26.1 Å². The number of nitrogens with zero attached hydrogens (tertiary/aromatic N) is 4. The molecule has 0 bridgehead atoms. The Kier molecular flexibility index (Phi) is 5.47. The first kappa shape index (κ1) is 16.8. The predicted octanol–water partition coefficient (Wildman–Crippen LogP) is 1.06. The van der Waals surface area contributed by atoms with E-state index < -0.39 is 5.60 Å². The molecule has 1 aliphatic heterocycles. The molecule has 1 N–H and O–H groups in total. The molecule has 1 fully saturated rings. The lowest BCUT2D eigenvalue weighted by Crippen LogP contribution is -2.47. The first-order valence-corrected chi connectivity index (χ1v) is 7.92. The van der Waals surface area contributed by atoms with Crippen LogP contribution in [0.3, 0.4) is 0 Å². The molecule has 1 amide bonds. The van der Waals surface area contributed by atoms with E-state index in [-0.39, 0.29) is 11.9 Å². The van der Waals surface area contributed by atoms with Crippen molar-refractivity contribution in [2.45, 2.75) is 51.3 Å². The van der Waals surface area contributed by atoms with Crippen LogP contribution in [0.1, 0.15) is 38.9 Å². The fraction of sp³-hybridized carbons (Fsp3) is 0.688. The zero-order chi connectivity index (χ0) is 16.2. The van der Waals surface area contributed by atoms with Crippen molar-refractivity contribution in [2.24, 2.45) is 0 Å². The molecule has 2 heterocycles. The van der Waals surface area contributed by atoms with Gasteiger partial charge in [-0.05, 0) is 32.9 Å². The van der Waals surface area contributed by atoms with Crippen molar-refractivity contribution in [3.8, 4) is 0 Å². The Balaban J connectivity index is 1.90. The standard InChI is InChI=1S/C16H26N4O2/c1-4-7-16(2,22)15(21)20-10-6-13(11-20)19(3)12-14-17-8-5-9-18-14/h5,8-9,13,22H,4,6-7,10-12H2,1-3H3/t13-,16+/m0/s1. The smallest absolute Gasteiger partial charge is 0.254 e. The summed E-state index contributed by atoms with van der Waals surface area (Å²) in [5.41, 5.74) is -1.25. The minimum absolute atomic E-state index is 0.152. The minimum Gasteiger partial charge on any atom is -0.380 e. The monoisotopic (exact) mass is 306 g/mol. The number of carbonyl (C=O) groups excluding carboxylic acids is 1. The summed E-state index contributed by atoms with van der Waals surface area (Å²) in [4.78, 5) is 24.8. The molecule has 0 aliphatic carbocycles. The van der Waals surface area contributed by atoms with Crippen molar-refractivity contribution >= 4 is 5.91 Å².